The Hall–Kier alpha value is -3.35. The number of aliphatic hydroxyl groups excluding tert-OH is 1. The monoisotopic (exact) mass is 455 g/mol. The second-order valence-electron chi connectivity index (χ2n) is 8.29. The van der Waals surface area contributed by atoms with Gasteiger partial charge in [-0.3, -0.25) is 9.69 Å². The largest absolute Gasteiger partial charge is 0.457 e. The van der Waals surface area contributed by atoms with E-state index in [1.165, 1.54) is 0 Å². The molecule has 0 bridgehead atoms. The summed E-state index contributed by atoms with van der Waals surface area (Å²) in [5, 5.41) is 19.5. The molecule has 0 aliphatic carbocycles. The van der Waals surface area contributed by atoms with Crippen LogP contribution in [0.1, 0.15) is 44.3 Å². The number of halogens is 2. The van der Waals surface area contributed by atoms with E-state index < -0.39 is 23.3 Å². The molecule has 0 radical (unpaired) electrons. The van der Waals surface area contributed by atoms with Gasteiger partial charge in [-0.15, -0.1) is 0 Å². The number of β-amino-alcohol motifs (C(OH)–C–C–N with tert-alkyl or cyclic N) is 1. The first kappa shape index (κ1) is 22.8. The average molecular weight is 455 g/mol. The molecular weight excluding hydrogens is 432 g/mol. The molecule has 1 fully saturated rings. The van der Waals surface area contributed by atoms with Crippen LogP contribution in [0, 0.1) is 29.9 Å². The van der Waals surface area contributed by atoms with Crippen molar-refractivity contribution in [1.82, 2.24) is 9.80 Å². The van der Waals surface area contributed by atoms with Gasteiger partial charge in [0.1, 0.15) is 24.3 Å². The zero-order valence-electron chi connectivity index (χ0n) is 18.1. The van der Waals surface area contributed by atoms with Crippen LogP contribution in [0.2, 0.25) is 0 Å². The zero-order valence-corrected chi connectivity index (χ0v) is 18.1. The smallest absolute Gasteiger partial charge is 0.338 e. The topological polar surface area (TPSA) is 93.9 Å². The van der Waals surface area contributed by atoms with Gasteiger partial charge in [0.15, 0.2) is 0 Å². The number of nitrogens with zero attached hydrogens (tertiary/aromatic N) is 3. The number of esters is 1. The molecule has 1 unspecified atom stereocenters. The Bertz CT molecular complexity index is 1150. The van der Waals surface area contributed by atoms with Crippen LogP contribution in [0.3, 0.4) is 0 Å². The first-order chi connectivity index (χ1) is 15.8. The van der Waals surface area contributed by atoms with Crippen molar-refractivity contribution < 1.29 is 28.2 Å². The third-order valence-corrected chi connectivity index (χ3v) is 6.32. The number of benzene rings is 2. The highest BCUT2D eigenvalue weighted by Gasteiger charge is 2.28. The highest BCUT2D eigenvalue weighted by molar-refractivity contribution is 5.94. The van der Waals surface area contributed by atoms with Crippen molar-refractivity contribution in [2.24, 2.45) is 0 Å². The molecule has 7 nitrogen and oxygen atoms in total. The number of ether oxygens (including phenoxy) is 1. The number of hydrogen-bond acceptors (Lipinski definition) is 6. The van der Waals surface area contributed by atoms with Crippen LogP contribution in [0.25, 0.3) is 0 Å². The van der Waals surface area contributed by atoms with Crippen LogP contribution in [0.5, 0.6) is 0 Å². The van der Waals surface area contributed by atoms with Gasteiger partial charge < -0.3 is 14.7 Å². The molecule has 0 saturated carbocycles. The molecule has 1 N–H and O–H groups in total. The predicted molar refractivity (Wildman–Crippen MR) is 113 cm³/mol. The third kappa shape index (κ3) is 4.58. The van der Waals surface area contributed by atoms with E-state index in [4.69, 9.17) is 10.00 Å². The van der Waals surface area contributed by atoms with Crippen molar-refractivity contribution >= 4 is 11.9 Å². The van der Waals surface area contributed by atoms with E-state index in [0.29, 0.717) is 38.3 Å². The molecule has 2 heterocycles. The Morgan fingerprint density at radius 1 is 1.21 bits per heavy atom. The number of nitriles is 1. The van der Waals surface area contributed by atoms with Crippen LogP contribution >= 0.6 is 0 Å². The summed E-state index contributed by atoms with van der Waals surface area (Å²) in [5.74, 6) is -2.30. The fourth-order valence-corrected chi connectivity index (χ4v) is 4.34. The van der Waals surface area contributed by atoms with E-state index in [0.717, 1.165) is 28.8 Å². The lowest BCUT2D eigenvalue weighted by Crippen LogP contribution is -2.50. The van der Waals surface area contributed by atoms with Crippen LogP contribution in [0.15, 0.2) is 24.3 Å². The Labute approximate surface area is 189 Å². The lowest BCUT2D eigenvalue weighted by atomic mass is 9.95. The SMILES string of the molecule is Cc1c(C(O)CN2CCN(C(=O)Cc3cc(F)c(C#N)cc3F)CC2)ccc2c1COC2=O. The number of carbonyl (C=O) groups excluding carboxylic acids is 2. The second kappa shape index (κ2) is 9.25. The van der Waals surface area contributed by atoms with E-state index >= 15 is 0 Å². The molecule has 2 aromatic carbocycles. The molecule has 2 aromatic rings. The minimum Gasteiger partial charge on any atom is -0.457 e. The molecule has 172 valence electrons. The minimum absolute atomic E-state index is 0.0797. The quantitative estimate of drug-likeness (QED) is 0.695. The molecule has 2 aliphatic rings. The van der Waals surface area contributed by atoms with Crippen molar-refractivity contribution in [1.29, 1.82) is 5.26 Å². The maximum atomic E-state index is 14.1. The number of cyclic esters (lactones) is 1. The van der Waals surface area contributed by atoms with Gasteiger partial charge in [-0.1, -0.05) is 6.07 Å². The first-order valence-corrected chi connectivity index (χ1v) is 10.6. The maximum Gasteiger partial charge on any atom is 0.338 e. The Morgan fingerprint density at radius 2 is 1.94 bits per heavy atom. The van der Waals surface area contributed by atoms with Gasteiger partial charge in [0.05, 0.1) is 23.7 Å². The van der Waals surface area contributed by atoms with Gasteiger partial charge in [0, 0.05) is 43.9 Å². The molecule has 2 aliphatic heterocycles. The molecule has 1 amide bonds. The lowest BCUT2D eigenvalue weighted by Gasteiger charge is -2.36. The van der Waals surface area contributed by atoms with Crippen molar-refractivity contribution in [3.8, 4) is 6.07 Å². The predicted octanol–water partition coefficient (Wildman–Crippen LogP) is 2.24. The summed E-state index contributed by atoms with van der Waals surface area (Å²) in [7, 11) is 0. The molecule has 33 heavy (non-hydrogen) atoms. The number of fused-ring (bicyclic) bond motifs is 1. The number of piperazine rings is 1. The minimum atomic E-state index is -0.849. The van der Waals surface area contributed by atoms with Crippen LogP contribution in [-0.2, 0) is 22.6 Å². The summed E-state index contributed by atoms with van der Waals surface area (Å²) in [4.78, 5) is 27.9. The highest BCUT2D eigenvalue weighted by atomic mass is 19.1. The zero-order chi connectivity index (χ0) is 23.7. The lowest BCUT2D eigenvalue weighted by molar-refractivity contribution is -0.132. The second-order valence-corrected chi connectivity index (χ2v) is 8.29. The Kier molecular flexibility index (Phi) is 6.40. The molecule has 1 atom stereocenters. The van der Waals surface area contributed by atoms with Crippen molar-refractivity contribution in [2.75, 3.05) is 32.7 Å². The Balaban J connectivity index is 1.33. The summed E-state index contributed by atoms with van der Waals surface area (Å²) in [5.41, 5.74) is 2.45. The standard InChI is InChI=1S/C24H23F2N3O4/c1-14-17(2-3-18-19(14)13-33-24(18)32)22(30)12-28-4-6-29(7-5-28)23(31)10-15-8-21(26)16(11-27)9-20(15)25/h2-3,8-9,22,30H,4-7,10,12-13H2,1H3. The Morgan fingerprint density at radius 3 is 2.64 bits per heavy atom. The fraction of sp³-hybridized carbons (Fsp3) is 0.375. The maximum absolute atomic E-state index is 14.1. The summed E-state index contributed by atoms with van der Waals surface area (Å²) in [6.45, 7) is 4.30. The van der Waals surface area contributed by atoms with E-state index in [9.17, 15) is 23.5 Å². The average Bonchev–Trinajstić information content (AvgIpc) is 3.18. The number of hydrogen-bond donors (Lipinski definition) is 1. The van der Waals surface area contributed by atoms with Crippen LogP contribution in [-0.4, -0.2) is 59.5 Å². The molecular formula is C24H23F2N3O4. The first-order valence-electron chi connectivity index (χ1n) is 10.6. The fourth-order valence-electron chi connectivity index (χ4n) is 4.34. The normalized spacial score (nSPS) is 16.8. The van der Waals surface area contributed by atoms with Gasteiger partial charge in [-0.25, -0.2) is 13.6 Å². The van der Waals surface area contributed by atoms with Gasteiger partial charge in [0.2, 0.25) is 5.91 Å². The van der Waals surface area contributed by atoms with E-state index in [-0.39, 0.29) is 30.5 Å². The van der Waals surface area contributed by atoms with Gasteiger partial charge in [0.25, 0.3) is 0 Å². The molecule has 1 saturated heterocycles. The van der Waals surface area contributed by atoms with E-state index in [2.05, 4.69) is 0 Å². The summed E-state index contributed by atoms with van der Waals surface area (Å²) in [6, 6.07) is 6.70. The summed E-state index contributed by atoms with van der Waals surface area (Å²) >= 11 is 0. The van der Waals surface area contributed by atoms with Crippen molar-refractivity contribution in [3.05, 3.63) is 69.3 Å². The number of carbonyl (C=O) groups is 2. The van der Waals surface area contributed by atoms with E-state index in [1.807, 2.05) is 11.8 Å². The van der Waals surface area contributed by atoms with E-state index in [1.54, 1.807) is 23.1 Å². The molecule has 9 heteroatoms. The summed E-state index contributed by atoms with van der Waals surface area (Å²) < 4.78 is 32.9. The van der Waals surface area contributed by atoms with Gasteiger partial charge in [-0.05, 0) is 36.2 Å². The number of amides is 1. The third-order valence-electron chi connectivity index (χ3n) is 6.32. The van der Waals surface area contributed by atoms with Crippen LogP contribution in [0.4, 0.5) is 8.78 Å². The highest BCUT2D eigenvalue weighted by Crippen LogP contribution is 2.29. The van der Waals surface area contributed by atoms with Crippen molar-refractivity contribution in [2.45, 2.75) is 26.1 Å². The molecule has 0 aromatic heterocycles. The summed E-state index contributed by atoms with van der Waals surface area (Å²) in [6.07, 6.45) is -1.05. The van der Waals surface area contributed by atoms with Crippen molar-refractivity contribution in [3.63, 3.8) is 0 Å². The molecule has 4 rings (SSSR count). The molecule has 0 spiro atoms. The van der Waals surface area contributed by atoms with Crippen LogP contribution < -0.4 is 0 Å². The van der Waals surface area contributed by atoms with Gasteiger partial charge in [-0.2, -0.15) is 5.26 Å². The number of rotatable bonds is 5. The van der Waals surface area contributed by atoms with Gasteiger partial charge >= 0.3 is 5.97 Å². The number of aliphatic hydroxyl groups is 1.